The average molecular weight is 341 g/mol. The summed E-state index contributed by atoms with van der Waals surface area (Å²) in [6, 6.07) is 5.28. The van der Waals surface area contributed by atoms with Crippen LogP contribution < -0.4 is 5.32 Å². The highest BCUT2D eigenvalue weighted by Gasteiger charge is 2.13. The van der Waals surface area contributed by atoms with Crippen molar-refractivity contribution in [2.45, 2.75) is 19.9 Å². The van der Waals surface area contributed by atoms with E-state index in [1.165, 1.54) is 0 Å². The van der Waals surface area contributed by atoms with Crippen molar-refractivity contribution in [3.8, 4) is 0 Å². The first-order valence-corrected chi connectivity index (χ1v) is 8.25. The van der Waals surface area contributed by atoms with Crippen LogP contribution in [-0.4, -0.2) is 26.0 Å². The lowest BCUT2D eigenvalue weighted by Crippen LogP contribution is -2.26. The molecule has 96 valence electrons. The Bertz CT molecular complexity index is 490. The summed E-state index contributed by atoms with van der Waals surface area (Å²) in [5.74, 6) is 0.299. The largest absolute Gasteiger partial charge is 0.382 e. The van der Waals surface area contributed by atoms with Crippen molar-refractivity contribution in [3.05, 3.63) is 27.7 Å². The molecule has 0 bridgehead atoms. The zero-order valence-corrected chi connectivity index (χ0v) is 12.9. The quantitative estimate of drug-likeness (QED) is 0.894. The van der Waals surface area contributed by atoms with Crippen molar-refractivity contribution in [3.63, 3.8) is 0 Å². The minimum absolute atomic E-state index is 0.129. The molecule has 1 atom stereocenters. The van der Waals surface area contributed by atoms with Crippen molar-refractivity contribution < 1.29 is 8.42 Å². The molecule has 0 aliphatic carbocycles. The van der Waals surface area contributed by atoms with Crippen LogP contribution in [0, 0.1) is 0 Å². The summed E-state index contributed by atoms with van der Waals surface area (Å²) in [6.07, 6.45) is 0. The number of nitrogens with one attached hydrogen (secondary N) is 1. The Labute approximate surface area is 116 Å². The normalized spacial score (nSPS) is 13.4. The third-order valence-electron chi connectivity index (χ3n) is 2.28. The molecule has 0 aliphatic heterocycles. The van der Waals surface area contributed by atoms with E-state index in [1.54, 1.807) is 13.0 Å². The van der Waals surface area contributed by atoms with E-state index in [2.05, 4.69) is 21.2 Å². The predicted molar refractivity (Wildman–Crippen MR) is 76.6 cm³/mol. The first kappa shape index (κ1) is 14.8. The van der Waals surface area contributed by atoms with Crippen molar-refractivity contribution in [1.82, 2.24) is 0 Å². The van der Waals surface area contributed by atoms with Crippen LogP contribution in [0.3, 0.4) is 0 Å². The van der Waals surface area contributed by atoms with Crippen LogP contribution in [0.15, 0.2) is 22.7 Å². The molecule has 1 rings (SSSR count). The van der Waals surface area contributed by atoms with Gasteiger partial charge in [0, 0.05) is 22.0 Å². The zero-order valence-electron chi connectivity index (χ0n) is 9.70. The fraction of sp³-hybridized carbons (Fsp3) is 0.455. The second kappa shape index (κ2) is 6.07. The molecule has 0 saturated carbocycles. The van der Waals surface area contributed by atoms with Crippen LogP contribution in [-0.2, 0) is 9.84 Å². The molecule has 0 fully saturated rings. The summed E-state index contributed by atoms with van der Waals surface area (Å²) in [5, 5.41) is 3.76. The molecule has 1 N–H and O–H groups in total. The molecule has 0 amide bonds. The second-order valence-corrected chi connectivity index (χ2v) is 7.53. The maximum Gasteiger partial charge on any atom is 0.152 e. The maximum absolute atomic E-state index is 11.5. The molecule has 1 aromatic carbocycles. The molecule has 3 nitrogen and oxygen atoms in total. The molecule has 0 spiro atoms. The summed E-state index contributed by atoms with van der Waals surface area (Å²) in [6.45, 7) is 3.50. The lowest BCUT2D eigenvalue weighted by molar-refractivity contribution is 0.593. The molecule has 0 radical (unpaired) electrons. The van der Waals surface area contributed by atoms with Gasteiger partial charge in [-0.3, -0.25) is 0 Å². The summed E-state index contributed by atoms with van der Waals surface area (Å²) < 4.78 is 23.7. The van der Waals surface area contributed by atoms with Crippen molar-refractivity contribution in [2.24, 2.45) is 0 Å². The van der Waals surface area contributed by atoms with Gasteiger partial charge in [0.25, 0.3) is 0 Å². The van der Waals surface area contributed by atoms with Gasteiger partial charge in [0.15, 0.2) is 9.84 Å². The van der Waals surface area contributed by atoms with E-state index in [9.17, 15) is 8.42 Å². The Morgan fingerprint density at radius 3 is 2.65 bits per heavy atom. The summed E-state index contributed by atoms with van der Waals surface area (Å²) in [4.78, 5) is 0. The molecular formula is C11H15BrClNO2S. The Hall–Kier alpha value is -0.260. The van der Waals surface area contributed by atoms with E-state index in [4.69, 9.17) is 11.6 Å². The Balaban J connectivity index is 2.68. The highest BCUT2D eigenvalue weighted by molar-refractivity contribution is 9.10. The summed E-state index contributed by atoms with van der Waals surface area (Å²) in [7, 11) is -2.96. The molecule has 17 heavy (non-hydrogen) atoms. The fourth-order valence-electron chi connectivity index (χ4n) is 1.41. The number of sulfone groups is 1. The standard InChI is InChI=1S/C11H15BrClNO2S/c1-3-17(15,16)7-8(2)14-9-4-5-11(13)10(12)6-9/h4-6,8,14H,3,7H2,1-2H3. The topological polar surface area (TPSA) is 46.2 Å². The second-order valence-electron chi connectivity index (χ2n) is 3.87. The molecule has 0 heterocycles. The Morgan fingerprint density at radius 2 is 2.12 bits per heavy atom. The number of hydrogen-bond acceptors (Lipinski definition) is 3. The van der Waals surface area contributed by atoms with Gasteiger partial charge in [0.2, 0.25) is 0 Å². The van der Waals surface area contributed by atoms with Crippen LogP contribution in [0.25, 0.3) is 0 Å². The Kier molecular flexibility index (Phi) is 5.28. The van der Waals surface area contributed by atoms with E-state index in [0.717, 1.165) is 10.2 Å². The number of halogens is 2. The highest BCUT2D eigenvalue weighted by Crippen LogP contribution is 2.25. The molecule has 1 unspecified atom stereocenters. The van der Waals surface area contributed by atoms with Gasteiger partial charge < -0.3 is 5.32 Å². The van der Waals surface area contributed by atoms with Gasteiger partial charge in [0.1, 0.15) is 0 Å². The van der Waals surface area contributed by atoms with Gasteiger partial charge in [-0.25, -0.2) is 8.42 Å². The van der Waals surface area contributed by atoms with Gasteiger partial charge in [0.05, 0.1) is 10.8 Å². The molecule has 6 heteroatoms. The van der Waals surface area contributed by atoms with E-state index < -0.39 is 9.84 Å². The fourth-order valence-corrected chi connectivity index (χ4v) is 2.99. The van der Waals surface area contributed by atoms with Gasteiger partial charge in [-0.1, -0.05) is 18.5 Å². The van der Waals surface area contributed by atoms with E-state index >= 15 is 0 Å². The zero-order chi connectivity index (χ0) is 13.1. The first-order chi connectivity index (χ1) is 7.84. The molecule has 0 aromatic heterocycles. The van der Waals surface area contributed by atoms with Crippen LogP contribution >= 0.6 is 27.5 Å². The lowest BCUT2D eigenvalue weighted by Gasteiger charge is -2.15. The third-order valence-corrected chi connectivity index (χ3v) is 5.38. The van der Waals surface area contributed by atoms with Crippen molar-refractivity contribution in [2.75, 3.05) is 16.8 Å². The number of hydrogen-bond donors (Lipinski definition) is 1. The monoisotopic (exact) mass is 339 g/mol. The van der Waals surface area contributed by atoms with Crippen molar-refractivity contribution >= 4 is 43.1 Å². The van der Waals surface area contributed by atoms with Crippen LogP contribution in [0.5, 0.6) is 0 Å². The maximum atomic E-state index is 11.5. The van der Waals surface area contributed by atoms with Crippen LogP contribution in [0.1, 0.15) is 13.8 Å². The number of rotatable bonds is 5. The Morgan fingerprint density at radius 1 is 1.47 bits per heavy atom. The minimum Gasteiger partial charge on any atom is -0.382 e. The molecule has 0 saturated heterocycles. The molecule has 0 aliphatic rings. The number of benzene rings is 1. The number of anilines is 1. The van der Waals surface area contributed by atoms with Crippen molar-refractivity contribution in [1.29, 1.82) is 0 Å². The smallest absolute Gasteiger partial charge is 0.152 e. The lowest BCUT2D eigenvalue weighted by atomic mass is 10.3. The van der Waals surface area contributed by atoms with E-state index in [1.807, 2.05) is 19.1 Å². The predicted octanol–water partition coefficient (Wildman–Crippen LogP) is 3.34. The SMILES string of the molecule is CCS(=O)(=O)CC(C)Nc1ccc(Cl)c(Br)c1. The highest BCUT2D eigenvalue weighted by atomic mass is 79.9. The molecule has 1 aromatic rings. The molecular weight excluding hydrogens is 326 g/mol. The summed E-state index contributed by atoms with van der Waals surface area (Å²) in [5.41, 5.74) is 0.847. The van der Waals surface area contributed by atoms with Gasteiger partial charge >= 0.3 is 0 Å². The van der Waals surface area contributed by atoms with E-state index in [0.29, 0.717) is 5.02 Å². The van der Waals surface area contributed by atoms with Gasteiger partial charge in [-0.15, -0.1) is 0 Å². The third kappa shape index (κ3) is 4.85. The summed E-state index contributed by atoms with van der Waals surface area (Å²) >= 11 is 9.20. The van der Waals surface area contributed by atoms with Gasteiger partial charge in [-0.2, -0.15) is 0 Å². The van der Waals surface area contributed by atoms with Crippen LogP contribution in [0.4, 0.5) is 5.69 Å². The average Bonchev–Trinajstić information content (AvgIpc) is 2.23. The first-order valence-electron chi connectivity index (χ1n) is 5.26. The van der Waals surface area contributed by atoms with Gasteiger partial charge in [-0.05, 0) is 41.1 Å². The minimum atomic E-state index is -2.96. The van der Waals surface area contributed by atoms with Crippen LogP contribution in [0.2, 0.25) is 5.02 Å². The van der Waals surface area contributed by atoms with E-state index in [-0.39, 0.29) is 17.5 Å².